The highest BCUT2D eigenvalue weighted by molar-refractivity contribution is 5.81. The molecular formula is C12H18O8. The molecule has 8 nitrogen and oxygen atoms in total. The highest BCUT2D eigenvalue weighted by Gasteiger charge is 2.08. The van der Waals surface area contributed by atoms with Gasteiger partial charge in [-0.05, 0) is 12.8 Å². The molecule has 0 aliphatic rings. The van der Waals surface area contributed by atoms with Gasteiger partial charge in [0, 0.05) is 12.8 Å². The first-order valence-corrected chi connectivity index (χ1v) is 6.29. The lowest BCUT2D eigenvalue weighted by atomic mass is 10.1. The number of hydrogen-bond acceptors (Lipinski definition) is 6. The third-order valence-corrected chi connectivity index (χ3v) is 2.41. The summed E-state index contributed by atoms with van der Waals surface area (Å²) in [6.45, 7) is 0. The minimum Gasteiger partial charge on any atom is -0.449 e. The van der Waals surface area contributed by atoms with Crippen LogP contribution in [-0.2, 0) is 19.1 Å². The minimum atomic E-state index is -1.59. The van der Waals surface area contributed by atoms with Gasteiger partial charge >= 0.3 is 24.2 Å². The van der Waals surface area contributed by atoms with Crippen molar-refractivity contribution < 1.29 is 38.9 Å². The first-order chi connectivity index (χ1) is 9.41. The van der Waals surface area contributed by atoms with E-state index in [-0.39, 0.29) is 12.8 Å². The van der Waals surface area contributed by atoms with Gasteiger partial charge in [-0.2, -0.15) is 0 Å². The average Bonchev–Trinajstić information content (AvgIpc) is 2.30. The Balaban J connectivity index is 3.33. The molecule has 0 saturated heterocycles. The van der Waals surface area contributed by atoms with Gasteiger partial charge in [-0.15, -0.1) is 0 Å². The van der Waals surface area contributed by atoms with Crippen LogP contribution in [0.2, 0.25) is 0 Å². The quantitative estimate of drug-likeness (QED) is 0.376. The van der Waals surface area contributed by atoms with Crippen molar-refractivity contribution >= 4 is 24.2 Å². The summed E-state index contributed by atoms with van der Waals surface area (Å²) in [7, 11) is 0. The molecular weight excluding hydrogens is 272 g/mol. The second kappa shape index (κ2) is 10.8. The van der Waals surface area contributed by atoms with Gasteiger partial charge in [0.05, 0.1) is 0 Å². The van der Waals surface area contributed by atoms with Crippen LogP contribution in [0.4, 0.5) is 9.59 Å². The van der Waals surface area contributed by atoms with Crippen LogP contribution in [0.25, 0.3) is 0 Å². The van der Waals surface area contributed by atoms with E-state index in [0.717, 1.165) is 25.7 Å². The van der Waals surface area contributed by atoms with E-state index < -0.39 is 24.2 Å². The second-order valence-electron chi connectivity index (χ2n) is 4.10. The average molecular weight is 290 g/mol. The zero-order valence-corrected chi connectivity index (χ0v) is 11.0. The van der Waals surface area contributed by atoms with E-state index in [1.807, 2.05) is 0 Å². The van der Waals surface area contributed by atoms with Crippen LogP contribution in [0.1, 0.15) is 51.4 Å². The van der Waals surface area contributed by atoms with E-state index in [0.29, 0.717) is 12.8 Å². The SMILES string of the molecule is O=C(O)OC(=O)CCCCCCCCC(=O)OC(=O)O. The molecule has 0 fully saturated rings. The van der Waals surface area contributed by atoms with E-state index in [1.54, 1.807) is 0 Å². The van der Waals surface area contributed by atoms with Crippen molar-refractivity contribution in [3.8, 4) is 0 Å². The Kier molecular flexibility index (Phi) is 9.63. The van der Waals surface area contributed by atoms with Gasteiger partial charge in [0.15, 0.2) is 0 Å². The number of ether oxygens (including phenoxy) is 2. The third kappa shape index (κ3) is 12.3. The number of hydrogen-bond donors (Lipinski definition) is 2. The molecule has 0 aromatic rings. The molecule has 0 radical (unpaired) electrons. The maximum absolute atomic E-state index is 10.8. The standard InChI is InChI=1S/C12H18O8/c13-9(19-11(15)16)7-5-3-1-2-4-6-8-10(14)20-12(17)18/h1-8H2,(H,15,16)(H,17,18). The molecule has 0 amide bonds. The topological polar surface area (TPSA) is 127 Å². The monoisotopic (exact) mass is 290 g/mol. The summed E-state index contributed by atoms with van der Waals surface area (Å²) in [4.78, 5) is 41.7. The van der Waals surface area contributed by atoms with Crippen LogP contribution >= 0.6 is 0 Å². The second-order valence-corrected chi connectivity index (χ2v) is 4.10. The van der Waals surface area contributed by atoms with Gasteiger partial charge in [-0.3, -0.25) is 9.59 Å². The lowest BCUT2D eigenvalue weighted by Crippen LogP contribution is -2.09. The van der Waals surface area contributed by atoms with Gasteiger partial charge in [0.1, 0.15) is 0 Å². The van der Waals surface area contributed by atoms with E-state index in [4.69, 9.17) is 10.2 Å². The molecule has 0 atom stereocenters. The molecule has 0 rings (SSSR count). The Morgan fingerprint density at radius 2 is 0.900 bits per heavy atom. The first kappa shape index (κ1) is 17.9. The van der Waals surface area contributed by atoms with Crippen molar-refractivity contribution in [3.05, 3.63) is 0 Å². The number of unbranched alkanes of at least 4 members (excludes halogenated alkanes) is 5. The fourth-order valence-electron chi connectivity index (χ4n) is 1.54. The Labute approximate surface area is 115 Å². The normalized spacial score (nSPS) is 9.80. The Bertz CT molecular complexity index is 315. The summed E-state index contributed by atoms with van der Waals surface area (Å²) in [6, 6.07) is 0. The Morgan fingerprint density at radius 3 is 1.20 bits per heavy atom. The van der Waals surface area contributed by atoms with E-state index >= 15 is 0 Å². The van der Waals surface area contributed by atoms with Crippen molar-refractivity contribution in [1.29, 1.82) is 0 Å². The van der Waals surface area contributed by atoms with Crippen molar-refractivity contribution in [2.45, 2.75) is 51.4 Å². The lowest BCUT2D eigenvalue weighted by Gasteiger charge is -2.01. The number of carbonyl (C=O) groups is 4. The number of carbonyl (C=O) groups excluding carboxylic acids is 2. The van der Waals surface area contributed by atoms with Crippen molar-refractivity contribution in [2.24, 2.45) is 0 Å². The summed E-state index contributed by atoms with van der Waals surface area (Å²) in [5.41, 5.74) is 0. The molecule has 0 aliphatic carbocycles. The highest BCUT2D eigenvalue weighted by Crippen LogP contribution is 2.09. The molecule has 2 N–H and O–H groups in total. The zero-order chi connectivity index (χ0) is 15.4. The van der Waals surface area contributed by atoms with Gasteiger partial charge in [-0.1, -0.05) is 25.7 Å². The van der Waals surface area contributed by atoms with E-state index in [9.17, 15) is 19.2 Å². The summed E-state index contributed by atoms with van der Waals surface area (Å²) in [5, 5.41) is 16.3. The third-order valence-electron chi connectivity index (χ3n) is 2.41. The largest absolute Gasteiger partial charge is 0.513 e. The number of esters is 2. The van der Waals surface area contributed by atoms with Crippen LogP contribution in [0, 0.1) is 0 Å². The minimum absolute atomic E-state index is 0.0667. The van der Waals surface area contributed by atoms with Crippen LogP contribution in [-0.4, -0.2) is 34.5 Å². The fourth-order valence-corrected chi connectivity index (χ4v) is 1.54. The van der Waals surface area contributed by atoms with E-state index in [1.165, 1.54) is 0 Å². The number of carboxylic acid groups (broad SMARTS) is 2. The lowest BCUT2D eigenvalue weighted by molar-refractivity contribution is -0.140. The zero-order valence-electron chi connectivity index (χ0n) is 11.0. The molecule has 0 heterocycles. The van der Waals surface area contributed by atoms with Gasteiger partial charge in [-0.25, -0.2) is 9.59 Å². The molecule has 0 aliphatic heterocycles. The smallest absolute Gasteiger partial charge is 0.449 e. The summed E-state index contributed by atoms with van der Waals surface area (Å²) in [5.74, 6) is -1.51. The maximum atomic E-state index is 10.8. The van der Waals surface area contributed by atoms with Crippen LogP contribution in [0.3, 0.4) is 0 Å². The predicted molar refractivity (Wildman–Crippen MR) is 65.2 cm³/mol. The fraction of sp³-hybridized carbons (Fsp3) is 0.667. The number of rotatable bonds is 9. The van der Waals surface area contributed by atoms with Crippen LogP contribution in [0.15, 0.2) is 0 Å². The predicted octanol–water partition coefficient (Wildman–Crippen LogP) is 2.55. The maximum Gasteiger partial charge on any atom is 0.513 e. The molecule has 114 valence electrons. The molecule has 0 saturated carbocycles. The van der Waals surface area contributed by atoms with Crippen molar-refractivity contribution in [1.82, 2.24) is 0 Å². The van der Waals surface area contributed by atoms with Crippen LogP contribution < -0.4 is 0 Å². The molecule has 0 spiro atoms. The van der Waals surface area contributed by atoms with E-state index in [2.05, 4.69) is 9.47 Å². The van der Waals surface area contributed by atoms with Crippen molar-refractivity contribution in [3.63, 3.8) is 0 Å². The summed E-state index contributed by atoms with van der Waals surface area (Å²) < 4.78 is 7.86. The molecule has 0 unspecified atom stereocenters. The Morgan fingerprint density at radius 1 is 0.600 bits per heavy atom. The van der Waals surface area contributed by atoms with Gasteiger partial charge < -0.3 is 19.7 Å². The summed E-state index contributed by atoms with van der Waals surface area (Å²) >= 11 is 0. The molecule has 8 heteroatoms. The molecule has 0 aromatic carbocycles. The molecule has 20 heavy (non-hydrogen) atoms. The van der Waals surface area contributed by atoms with Crippen LogP contribution in [0.5, 0.6) is 0 Å². The first-order valence-electron chi connectivity index (χ1n) is 6.29. The highest BCUT2D eigenvalue weighted by atomic mass is 16.7. The van der Waals surface area contributed by atoms with Crippen molar-refractivity contribution in [2.75, 3.05) is 0 Å². The molecule has 0 bridgehead atoms. The summed E-state index contributed by atoms with van der Waals surface area (Å²) in [6.07, 6.45) is 1.24. The molecule has 0 aromatic heterocycles. The van der Waals surface area contributed by atoms with Gasteiger partial charge in [0.2, 0.25) is 0 Å². The Hall–Kier alpha value is -2.12. The van der Waals surface area contributed by atoms with Gasteiger partial charge in [0.25, 0.3) is 0 Å².